The van der Waals surface area contributed by atoms with Gasteiger partial charge in [0.2, 0.25) is 17.7 Å². The van der Waals surface area contributed by atoms with Gasteiger partial charge in [-0.3, -0.25) is 14.4 Å². The van der Waals surface area contributed by atoms with Crippen LogP contribution in [0.3, 0.4) is 0 Å². The van der Waals surface area contributed by atoms with E-state index in [-0.39, 0.29) is 46.4 Å². The van der Waals surface area contributed by atoms with Crippen LogP contribution < -0.4 is 10.6 Å². The zero-order valence-corrected chi connectivity index (χ0v) is 23.1. The van der Waals surface area contributed by atoms with Crippen molar-refractivity contribution < 1.29 is 19.5 Å². The van der Waals surface area contributed by atoms with E-state index in [2.05, 4.69) is 26.6 Å². The third-order valence-electron chi connectivity index (χ3n) is 7.37. The van der Waals surface area contributed by atoms with Gasteiger partial charge in [-0.25, -0.2) is 0 Å². The minimum atomic E-state index is -0.722. The molecule has 3 saturated heterocycles. The van der Waals surface area contributed by atoms with Crippen molar-refractivity contribution in [3.05, 3.63) is 35.9 Å². The van der Waals surface area contributed by atoms with Crippen molar-refractivity contribution in [1.29, 1.82) is 0 Å². The fraction of sp³-hybridized carbons (Fsp3) is 0.654. The molecule has 1 spiro atoms. The Morgan fingerprint density at radius 1 is 1.20 bits per heavy atom. The molecule has 0 aromatic heterocycles. The van der Waals surface area contributed by atoms with Gasteiger partial charge in [0.1, 0.15) is 6.04 Å². The van der Waals surface area contributed by atoms with E-state index in [9.17, 15) is 19.5 Å². The number of benzene rings is 1. The highest BCUT2D eigenvalue weighted by Crippen LogP contribution is 2.68. The molecule has 3 amide bonds. The van der Waals surface area contributed by atoms with Gasteiger partial charge in [0.15, 0.2) is 0 Å². The molecule has 192 valence electrons. The molecule has 9 heteroatoms. The van der Waals surface area contributed by atoms with Gasteiger partial charge in [-0.2, -0.15) is 0 Å². The van der Waals surface area contributed by atoms with Crippen LogP contribution in [0.1, 0.15) is 46.1 Å². The first-order valence-electron chi connectivity index (χ1n) is 12.5. The largest absolute Gasteiger partial charge is 0.394 e. The van der Waals surface area contributed by atoms with Gasteiger partial charge < -0.3 is 20.6 Å². The van der Waals surface area contributed by atoms with Crippen molar-refractivity contribution >= 4 is 45.4 Å². The summed E-state index contributed by atoms with van der Waals surface area (Å²) in [5.41, 5.74) is 0.993. The highest BCUT2D eigenvalue weighted by Gasteiger charge is 2.76. The fourth-order valence-electron chi connectivity index (χ4n) is 6.15. The fourth-order valence-corrected chi connectivity index (χ4v) is 9.75. The smallest absolute Gasteiger partial charge is 0.244 e. The molecule has 1 aromatic carbocycles. The Hall–Kier alpha value is -1.58. The summed E-state index contributed by atoms with van der Waals surface area (Å²) in [4.78, 5) is 42.9. The van der Waals surface area contributed by atoms with Crippen LogP contribution in [0.4, 0.5) is 0 Å². The number of hydrogen-bond acceptors (Lipinski definition) is 5. The number of aliphatic hydroxyl groups excluding tert-OH is 1. The van der Waals surface area contributed by atoms with Crippen molar-refractivity contribution in [2.75, 3.05) is 6.61 Å². The predicted octanol–water partition coefficient (Wildman–Crippen LogP) is 2.70. The summed E-state index contributed by atoms with van der Waals surface area (Å²) >= 11 is 5.40. The molecule has 3 aliphatic rings. The minimum absolute atomic E-state index is 0.0241. The van der Waals surface area contributed by atoms with E-state index in [1.54, 1.807) is 16.7 Å². The lowest BCUT2D eigenvalue weighted by molar-refractivity contribution is -0.143. The number of halogens is 1. The van der Waals surface area contributed by atoms with Gasteiger partial charge >= 0.3 is 0 Å². The maximum atomic E-state index is 14.1. The van der Waals surface area contributed by atoms with Crippen molar-refractivity contribution in [2.24, 2.45) is 17.8 Å². The maximum absolute atomic E-state index is 14.1. The van der Waals surface area contributed by atoms with Gasteiger partial charge in [0.05, 0.1) is 29.2 Å². The number of rotatable bonds is 9. The number of fused-ring (bicyclic) bond motifs is 1. The SMILES string of the molecule is CC(C)C[C@H](CO)N1C(=O)[C@@H]2[C@H](C(=O)NCc3ccccc3)[C@H]3SC2(CC3Br)C1C(=O)NC(C)C. The Morgan fingerprint density at radius 3 is 2.49 bits per heavy atom. The van der Waals surface area contributed by atoms with E-state index in [1.165, 1.54) is 0 Å². The highest BCUT2D eigenvalue weighted by molar-refractivity contribution is 9.09. The molecule has 3 N–H and O–H groups in total. The van der Waals surface area contributed by atoms with Crippen LogP contribution in [0.25, 0.3) is 0 Å². The van der Waals surface area contributed by atoms with E-state index in [4.69, 9.17) is 0 Å². The monoisotopic (exact) mass is 565 g/mol. The van der Waals surface area contributed by atoms with E-state index < -0.39 is 28.7 Å². The Bertz CT molecular complexity index is 961. The summed E-state index contributed by atoms with van der Waals surface area (Å²) < 4.78 is -0.700. The number of nitrogens with one attached hydrogen (secondary N) is 2. The topological polar surface area (TPSA) is 98.7 Å². The average molecular weight is 567 g/mol. The quantitative estimate of drug-likeness (QED) is 0.400. The zero-order chi connectivity index (χ0) is 25.5. The van der Waals surface area contributed by atoms with E-state index >= 15 is 0 Å². The Morgan fingerprint density at radius 2 is 1.89 bits per heavy atom. The van der Waals surface area contributed by atoms with Gasteiger partial charge in [-0.05, 0) is 38.2 Å². The second-order valence-electron chi connectivity index (χ2n) is 10.7. The Kier molecular flexibility index (Phi) is 7.88. The van der Waals surface area contributed by atoms with E-state index in [0.717, 1.165) is 5.56 Å². The lowest BCUT2D eigenvalue weighted by Crippen LogP contribution is -2.58. The first-order chi connectivity index (χ1) is 16.6. The maximum Gasteiger partial charge on any atom is 0.244 e. The van der Waals surface area contributed by atoms with Crippen LogP contribution in [0.2, 0.25) is 0 Å². The van der Waals surface area contributed by atoms with Crippen LogP contribution in [-0.2, 0) is 20.9 Å². The third-order valence-corrected chi connectivity index (χ3v) is 10.6. The van der Waals surface area contributed by atoms with Crippen molar-refractivity contribution in [2.45, 2.75) is 80.0 Å². The molecule has 0 saturated carbocycles. The first kappa shape index (κ1) is 26.5. The number of hydrogen-bond donors (Lipinski definition) is 3. The molecule has 0 aliphatic carbocycles. The van der Waals surface area contributed by atoms with Gasteiger partial charge in [0, 0.05) is 22.7 Å². The predicted molar refractivity (Wildman–Crippen MR) is 141 cm³/mol. The molecule has 3 heterocycles. The molecule has 7 atom stereocenters. The van der Waals surface area contributed by atoms with E-state index in [1.807, 2.05) is 58.0 Å². The molecule has 1 aromatic rings. The Labute approximate surface area is 220 Å². The third kappa shape index (κ3) is 4.76. The average Bonchev–Trinajstić information content (AvgIpc) is 3.39. The van der Waals surface area contributed by atoms with Crippen molar-refractivity contribution in [3.8, 4) is 0 Å². The van der Waals surface area contributed by atoms with Gasteiger partial charge in [0.25, 0.3) is 0 Å². The normalized spacial score (nSPS) is 32.3. The summed E-state index contributed by atoms with van der Waals surface area (Å²) in [7, 11) is 0. The van der Waals surface area contributed by atoms with Gasteiger partial charge in [-0.15, -0.1) is 11.8 Å². The lowest BCUT2D eigenvalue weighted by Gasteiger charge is -2.38. The van der Waals surface area contributed by atoms with Crippen molar-refractivity contribution in [1.82, 2.24) is 15.5 Å². The molecule has 2 bridgehead atoms. The Balaban J connectivity index is 1.69. The summed E-state index contributed by atoms with van der Waals surface area (Å²) in [6.07, 6.45) is 1.22. The zero-order valence-electron chi connectivity index (χ0n) is 20.7. The standard InChI is InChI=1S/C26H36BrN3O4S/c1-14(2)10-17(13-31)30-22(24(33)29-15(3)4)26-11-18(27)21(35-26)19(20(26)25(30)34)23(32)28-12-16-8-6-5-7-9-16/h5-9,14-15,17-22,31H,10-13H2,1-4H3,(H,28,32)(H,29,33)/t17-,18?,19+,20+,21+,22?,26?/m1/s1. The molecule has 7 nitrogen and oxygen atoms in total. The number of carbonyl (C=O) groups is 3. The minimum Gasteiger partial charge on any atom is -0.394 e. The molecular weight excluding hydrogens is 530 g/mol. The van der Waals surface area contributed by atoms with Crippen LogP contribution >= 0.6 is 27.7 Å². The number of aliphatic hydroxyl groups is 1. The second kappa shape index (κ2) is 10.4. The summed E-state index contributed by atoms with van der Waals surface area (Å²) in [6, 6.07) is 8.43. The van der Waals surface area contributed by atoms with Crippen LogP contribution in [0.5, 0.6) is 0 Å². The number of alkyl halides is 1. The second-order valence-corrected chi connectivity index (χ2v) is 13.5. The molecule has 35 heavy (non-hydrogen) atoms. The number of thioether (sulfide) groups is 1. The molecule has 0 radical (unpaired) electrons. The number of nitrogens with zero attached hydrogens (tertiary/aromatic N) is 1. The number of likely N-dealkylation sites (tertiary alicyclic amines) is 1. The first-order valence-corrected chi connectivity index (χ1v) is 14.3. The molecular formula is C26H36BrN3O4S. The summed E-state index contributed by atoms with van der Waals surface area (Å²) in [5.74, 6) is -1.41. The molecule has 3 fully saturated rings. The molecule has 4 rings (SSSR count). The lowest BCUT2D eigenvalue weighted by atomic mass is 9.70. The van der Waals surface area contributed by atoms with Crippen molar-refractivity contribution in [3.63, 3.8) is 0 Å². The van der Waals surface area contributed by atoms with Crippen LogP contribution in [0.15, 0.2) is 30.3 Å². The molecule has 3 aliphatic heterocycles. The van der Waals surface area contributed by atoms with Crippen LogP contribution in [-0.4, -0.2) is 67.3 Å². The van der Waals surface area contributed by atoms with Crippen LogP contribution in [0, 0.1) is 17.8 Å². The summed E-state index contributed by atoms with van der Waals surface area (Å²) in [5, 5.41) is 16.3. The number of carbonyl (C=O) groups excluding carboxylic acids is 3. The summed E-state index contributed by atoms with van der Waals surface area (Å²) in [6.45, 7) is 8.06. The van der Waals surface area contributed by atoms with Gasteiger partial charge in [-0.1, -0.05) is 60.1 Å². The highest BCUT2D eigenvalue weighted by atomic mass is 79.9. The van der Waals surface area contributed by atoms with E-state index in [0.29, 0.717) is 19.4 Å². The number of amides is 3. The molecule has 3 unspecified atom stereocenters.